The van der Waals surface area contributed by atoms with Gasteiger partial charge in [-0.1, -0.05) is 23.2 Å². The molecule has 0 saturated carbocycles. The maximum absolute atomic E-state index is 12.0. The Morgan fingerprint density at radius 3 is 2.21 bits per heavy atom. The van der Waals surface area contributed by atoms with Crippen LogP contribution in [0.25, 0.3) is 0 Å². The van der Waals surface area contributed by atoms with Crippen molar-refractivity contribution in [2.24, 2.45) is 0 Å². The summed E-state index contributed by atoms with van der Waals surface area (Å²) in [5.74, 6) is 0.0334. The maximum Gasteiger partial charge on any atom is 0.236 e. The number of hydrogen-bond acceptors (Lipinski definition) is 2. The Morgan fingerprint density at radius 1 is 1.21 bits per heavy atom. The Morgan fingerprint density at radius 2 is 1.74 bits per heavy atom. The van der Waals surface area contributed by atoms with E-state index in [1.165, 1.54) is 0 Å². The van der Waals surface area contributed by atoms with Gasteiger partial charge in [-0.3, -0.25) is 4.79 Å². The summed E-state index contributed by atoms with van der Waals surface area (Å²) in [7, 11) is 1.77. The number of nitrogens with one attached hydrogen (secondary N) is 1. The Bertz CT molecular complexity index is 435. The molecule has 0 aliphatic rings. The first-order valence-electron chi connectivity index (χ1n) is 6.11. The molecule has 3 nitrogen and oxygen atoms in total. The van der Waals surface area contributed by atoms with E-state index >= 15 is 0 Å². The van der Waals surface area contributed by atoms with E-state index in [9.17, 15) is 4.79 Å². The minimum absolute atomic E-state index is 0.0334. The van der Waals surface area contributed by atoms with Crippen LogP contribution in [0.4, 0.5) is 0 Å². The van der Waals surface area contributed by atoms with Crippen molar-refractivity contribution in [1.82, 2.24) is 10.2 Å². The van der Waals surface area contributed by atoms with Crippen molar-refractivity contribution in [2.75, 3.05) is 13.6 Å². The summed E-state index contributed by atoms with van der Waals surface area (Å²) < 4.78 is 0. The van der Waals surface area contributed by atoms with Crippen LogP contribution in [0, 0.1) is 0 Å². The Balaban J connectivity index is 2.58. The van der Waals surface area contributed by atoms with E-state index in [2.05, 4.69) is 5.32 Å². The number of hydrogen-bond donors (Lipinski definition) is 1. The summed E-state index contributed by atoms with van der Waals surface area (Å²) in [6.07, 6.45) is 0. The van der Waals surface area contributed by atoms with E-state index in [1.807, 2.05) is 32.9 Å². The molecule has 0 atom stereocenters. The molecule has 0 radical (unpaired) electrons. The van der Waals surface area contributed by atoms with Crippen LogP contribution in [0.3, 0.4) is 0 Å². The first kappa shape index (κ1) is 16.3. The minimum atomic E-state index is -0.0735. The first-order valence-corrected chi connectivity index (χ1v) is 6.87. The van der Waals surface area contributed by atoms with Crippen LogP contribution in [0.1, 0.15) is 26.3 Å². The highest BCUT2D eigenvalue weighted by Gasteiger charge is 2.14. The van der Waals surface area contributed by atoms with Crippen molar-refractivity contribution in [2.45, 2.75) is 32.9 Å². The van der Waals surface area contributed by atoms with Crippen LogP contribution in [0.15, 0.2) is 18.2 Å². The van der Waals surface area contributed by atoms with Crippen LogP contribution in [-0.2, 0) is 11.3 Å². The van der Waals surface area contributed by atoms with Crippen molar-refractivity contribution in [3.8, 4) is 0 Å². The fraction of sp³-hybridized carbons (Fsp3) is 0.500. The third-order valence-electron chi connectivity index (χ3n) is 2.54. The van der Waals surface area contributed by atoms with Crippen molar-refractivity contribution in [3.05, 3.63) is 33.8 Å². The zero-order valence-corrected chi connectivity index (χ0v) is 13.3. The van der Waals surface area contributed by atoms with Gasteiger partial charge in [-0.2, -0.15) is 0 Å². The van der Waals surface area contributed by atoms with Crippen LogP contribution in [0.2, 0.25) is 10.0 Å². The highest BCUT2D eigenvalue weighted by molar-refractivity contribution is 6.34. The van der Waals surface area contributed by atoms with E-state index in [1.54, 1.807) is 18.0 Å². The summed E-state index contributed by atoms with van der Waals surface area (Å²) in [5.41, 5.74) is 0.847. The molecule has 1 amide bonds. The monoisotopic (exact) mass is 302 g/mol. The van der Waals surface area contributed by atoms with Gasteiger partial charge in [0.05, 0.1) is 6.54 Å². The smallest absolute Gasteiger partial charge is 0.236 e. The summed E-state index contributed by atoms with van der Waals surface area (Å²) in [6.45, 7) is 6.88. The van der Waals surface area contributed by atoms with Gasteiger partial charge < -0.3 is 10.2 Å². The molecule has 0 spiro atoms. The SMILES string of the molecule is CN(Cc1cc(Cl)cc(Cl)c1)C(=O)CNC(C)(C)C. The lowest BCUT2D eigenvalue weighted by Gasteiger charge is -2.23. The highest BCUT2D eigenvalue weighted by atomic mass is 35.5. The molecule has 0 bridgehead atoms. The Hall–Kier alpha value is -0.770. The molecule has 1 aromatic carbocycles. The summed E-state index contributed by atoms with van der Waals surface area (Å²) in [5, 5.41) is 4.33. The second-order valence-corrected chi connectivity index (χ2v) is 6.50. The third kappa shape index (κ3) is 6.28. The lowest BCUT2D eigenvalue weighted by Crippen LogP contribution is -2.43. The molecule has 1 aromatic rings. The molecule has 0 unspecified atom stereocenters. The van der Waals surface area contributed by atoms with E-state index in [4.69, 9.17) is 23.2 Å². The van der Waals surface area contributed by atoms with Crippen LogP contribution >= 0.6 is 23.2 Å². The lowest BCUT2D eigenvalue weighted by molar-refractivity contribution is -0.129. The zero-order valence-electron chi connectivity index (χ0n) is 11.8. The topological polar surface area (TPSA) is 32.3 Å². The van der Waals surface area contributed by atoms with Gasteiger partial charge in [-0.05, 0) is 44.5 Å². The van der Waals surface area contributed by atoms with E-state index < -0.39 is 0 Å². The standard InChI is InChI=1S/C14H20Cl2N2O/c1-14(2,3)17-8-13(19)18(4)9-10-5-11(15)7-12(16)6-10/h5-7,17H,8-9H2,1-4H3. The minimum Gasteiger partial charge on any atom is -0.340 e. The molecule has 1 N–H and O–H groups in total. The Labute approximate surface area is 124 Å². The van der Waals surface area contributed by atoms with Crippen LogP contribution in [0.5, 0.6) is 0 Å². The molecular weight excluding hydrogens is 283 g/mol. The van der Waals surface area contributed by atoms with Crippen LogP contribution < -0.4 is 5.32 Å². The number of benzene rings is 1. The molecule has 19 heavy (non-hydrogen) atoms. The molecule has 0 aliphatic carbocycles. The fourth-order valence-corrected chi connectivity index (χ4v) is 2.11. The van der Waals surface area contributed by atoms with Gasteiger partial charge in [-0.15, -0.1) is 0 Å². The highest BCUT2D eigenvalue weighted by Crippen LogP contribution is 2.19. The number of carbonyl (C=O) groups is 1. The zero-order chi connectivity index (χ0) is 14.6. The summed E-state index contributed by atoms with van der Waals surface area (Å²) in [4.78, 5) is 13.6. The second kappa shape index (κ2) is 6.60. The molecule has 0 aliphatic heterocycles. The van der Waals surface area contributed by atoms with Gasteiger partial charge in [-0.25, -0.2) is 0 Å². The molecule has 0 saturated heterocycles. The van der Waals surface area contributed by atoms with Crippen molar-refractivity contribution < 1.29 is 4.79 Å². The predicted molar refractivity (Wildman–Crippen MR) is 80.7 cm³/mol. The fourth-order valence-electron chi connectivity index (χ4n) is 1.54. The van der Waals surface area contributed by atoms with Gasteiger partial charge in [0, 0.05) is 29.2 Å². The van der Waals surface area contributed by atoms with Crippen LogP contribution in [-0.4, -0.2) is 29.9 Å². The number of amides is 1. The third-order valence-corrected chi connectivity index (χ3v) is 2.97. The molecule has 106 valence electrons. The maximum atomic E-state index is 12.0. The summed E-state index contributed by atoms with van der Waals surface area (Å²) >= 11 is 11.9. The van der Waals surface area contributed by atoms with Crippen molar-refractivity contribution in [1.29, 1.82) is 0 Å². The number of carbonyl (C=O) groups excluding carboxylic acids is 1. The Kier molecular flexibility index (Phi) is 5.65. The molecule has 5 heteroatoms. The second-order valence-electron chi connectivity index (χ2n) is 5.63. The van der Waals surface area contributed by atoms with Gasteiger partial charge >= 0.3 is 0 Å². The molecular formula is C14H20Cl2N2O. The predicted octanol–water partition coefficient (Wildman–Crippen LogP) is 3.34. The van der Waals surface area contributed by atoms with E-state index in [-0.39, 0.29) is 11.4 Å². The van der Waals surface area contributed by atoms with E-state index in [0.29, 0.717) is 23.1 Å². The van der Waals surface area contributed by atoms with Gasteiger partial charge in [0.1, 0.15) is 0 Å². The van der Waals surface area contributed by atoms with E-state index in [0.717, 1.165) is 5.56 Å². The van der Waals surface area contributed by atoms with Gasteiger partial charge in [0.2, 0.25) is 5.91 Å². The largest absolute Gasteiger partial charge is 0.340 e. The van der Waals surface area contributed by atoms with Gasteiger partial charge in [0.25, 0.3) is 0 Å². The molecule has 0 fully saturated rings. The van der Waals surface area contributed by atoms with Gasteiger partial charge in [0.15, 0.2) is 0 Å². The number of rotatable bonds is 4. The molecule has 0 heterocycles. The normalized spacial score (nSPS) is 11.5. The molecule has 0 aromatic heterocycles. The number of nitrogens with zero attached hydrogens (tertiary/aromatic N) is 1. The average Bonchev–Trinajstić information content (AvgIpc) is 2.23. The van der Waals surface area contributed by atoms with Crippen molar-refractivity contribution >= 4 is 29.1 Å². The number of halogens is 2. The summed E-state index contributed by atoms with van der Waals surface area (Å²) in [6, 6.07) is 5.30. The molecule has 1 rings (SSSR count). The quantitative estimate of drug-likeness (QED) is 0.925. The van der Waals surface area contributed by atoms with Crippen molar-refractivity contribution in [3.63, 3.8) is 0 Å². The number of likely N-dealkylation sites (N-methyl/N-ethyl adjacent to an activating group) is 1. The first-order chi connectivity index (χ1) is 8.67. The lowest BCUT2D eigenvalue weighted by atomic mass is 10.1. The average molecular weight is 303 g/mol.